The Bertz CT molecular complexity index is 233. The first kappa shape index (κ1) is 14.9. The Morgan fingerprint density at radius 1 is 1.50 bits per heavy atom. The number of carbonyl (C=O) groups is 2. The Morgan fingerprint density at radius 2 is 2.12 bits per heavy atom. The first-order valence-corrected chi connectivity index (χ1v) is 5.23. The van der Waals surface area contributed by atoms with Gasteiger partial charge >= 0.3 is 5.97 Å². The molecule has 6 heteroatoms. The fraction of sp³-hybridized carbons (Fsp3) is 0.800. The van der Waals surface area contributed by atoms with Crippen molar-refractivity contribution in [2.24, 2.45) is 0 Å². The van der Waals surface area contributed by atoms with Gasteiger partial charge in [0.15, 0.2) is 0 Å². The number of methoxy groups -OCH3 is 1. The number of esters is 1. The molecule has 1 atom stereocenters. The Hall–Kier alpha value is -1.14. The largest absolute Gasteiger partial charge is 0.467 e. The lowest BCUT2D eigenvalue weighted by molar-refractivity contribution is -0.145. The van der Waals surface area contributed by atoms with Gasteiger partial charge in [0.1, 0.15) is 6.04 Å². The van der Waals surface area contributed by atoms with Crippen molar-refractivity contribution < 1.29 is 19.4 Å². The van der Waals surface area contributed by atoms with Gasteiger partial charge in [0, 0.05) is 20.0 Å². The molecule has 0 fully saturated rings. The number of amides is 1. The number of hydrogen-bond acceptors (Lipinski definition) is 5. The van der Waals surface area contributed by atoms with Crippen molar-refractivity contribution >= 4 is 11.9 Å². The number of hydrogen-bond donors (Lipinski definition) is 2. The van der Waals surface area contributed by atoms with E-state index in [1.807, 2.05) is 11.8 Å². The van der Waals surface area contributed by atoms with E-state index in [2.05, 4.69) is 10.1 Å². The summed E-state index contributed by atoms with van der Waals surface area (Å²) in [6, 6.07) is -0.686. The number of aliphatic hydroxyl groups is 1. The molecule has 0 aliphatic rings. The maximum Gasteiger partial charge on any atom is 0.329 e. The molecule has 0 aliphatic carbocycles. The first-order valence-electron chi connectivity index (χ1n) is 5.23. The molecule has 0 bridgehead atoms. The number of likely N-dealkylation sites (N-methyl/N-ethyl adjacent to an activating group) is 1. The summed E-state index contributed by atoms with van der Waals surface area (Å²) in [4.78, 5) is 24.2. The van der Waals surface area contributed by atoms with E-state index in [1.165, 1.54) is 14.0 Å². The second-order valence-electron chi connectivity index (χ2n) is 3.39. The highest BCUT2D eigenvalue weighted by molar-refractivity contribution is 5.83. The number of rotatable bonds is 7. The molecule has 94 valence electrons. The van der Waals surface area contributed by atoms with E-state index in [0.717, 1.165) is 0 Å². The molecular formula is C10H20N2O4. The molecule has 0 aromatic heterocycles. The van der Waals surface area contributed by atoms with Gasteiger partial charge in [-0.1, -0.05) is 6.92 Å². The third-order valence-electron chi connectivity index (χ3n) is 2.17. The smallest absolute Gasteiger partial charge is 0.329 e. The topological polar surface area (TPSA) is 78.9 Å². The highest BCUT2D eigenvalue weighted by Gasteiger charge is 2.22. The number of ether oxygens (including phenoxy) is 1. The van der Waals surface area contributed by atoms with Crippen molar-refractivity contribution in [3.05, 3.63) is 0 Å². The van der Waals surface area contributed by atoms with Gasteiger partial charge in [0.2, 0.25) is 5.91 Å². The first-order chi connectivity index (χ1) is 7.54. The lowest BCUT2D eigenvalue weighted by atomic mass is 10.2. The fourth-order valence-corrected chi connectivity index (χ4v) is 1.34. The van der Waals surface area contributed by atoms with E-state index in [0.29, 0.717) is 19.6 Å². The van der Waals surface area contributed by atoms with Gasteiger partial charge in [-0.05, 0) is 6.54 Å². The minimum Gasteiger partial charge on any atom is -0.467 e. The zero-order valence-corrected chi connectivity index (χ0v) is 10.0. The van der Waals surface area contributed by atoms with E-state index < -0.39 is 12.0 Å². The van der Waals surface area contributed by atoms with Gasteiger partial charge in [-0.2, -0.15) is 0 Å². The molecule has 1 unspecified atom stereocenters. The van der Waals surface area contributed by atoms with Gasteiger partial charge in [-0.15, -0.1) is 0 Å². The second kappa shape index (κ2) is 8.06. The third kappa shape index (κ3) is 5.67. The van der Waals surface area contributed by atoms with E-state index in [4.69, 9.17) is 5.11 Å². The van der Waals surface area contributed by atoms with E-state index in [-0.39, 0.29) is 12.5 Å². The number of aliphatic hydroxyl groups excluding tert-OH is 1. The average Bonchev–Trinajstić information content (AvgIpc) is 2.25. The van der Waals surface area contributed by atoms with Gasteiger partial charge in [-0.25, -0.2) is 4.79 Å². The predicted octanol–water partition coefficient (Wildman–Crippen LogP) is -1.02. The van der Waals surface area contributed by atoms with Crippen LogP contribution >= 0.6 is 0 Å². The molecule has 6 nitrogen and oxygen atoms in total. The highest BCUT2D eigenvalue weighted by Crippen LogP contribution is 1.95. The SMILES string of the molecule is CCN(CCO)CC(NC(C)=O)C(=O)OC. The number of nitrogens with zero attached hydrogens (tertiary/aromatic N) is 1. The minimum atomic E-state index is -0.686. The van der Waals surface area contributed by atoms with Crippen molar-refractivity contribution in [3.8, 4) is 0 Å². The van der Waals surface area contributed by atoms with Crippen LogP contribution in [0, 0.1) is 0 Å². The molecule has 2 N–H and O–H groups in total. The van der Waals surface area contributed by atoms with Gasteiger partial charge < -0.3 is 15.2 Å². The fourth-order valence-electron chi connectivity index (χ4n) is 1.34. The summed E-state index contributed by atoms with van der Waals surface area (Å²) in [5.41, 5.74) is 0. The van der Waals surface area contributed by atoms with E-state index >= 15 is 0 Å². The highest BCUT2D eigenvalue weighted by atomic mass is 16.5. The van der Waals surface area contributed by atoms with Crippen LogP contribution in [0.4, 0.5) is 0 Å². The zero-order valence-electron chi connectivity index (χ0n) is 10.0. The van der Waals surface area contributed by atoms with Crippen molar-refractivity contribution in [3.63, 3.8) is 0 Å². The zero-order chi connectivity index (χ0) is 12.6. The van der Waals surface area contributed by atoms with Crippen LogP contribution in [0.2, 0.25) is 0 Å². The van der Waals surface area contributed by atoms with Crippen LogP contribution in [0.3, 0.4) is 0 Å². The quantitative estimate of drug-likeness (QED) is 0.549. The molecule has 1 amide bonds. The van der Waals surface area contributed by atoms with Crippen LogP contribution in [0.25, 0.3) is 0 Å². The molecular weight excluding hydrogens is 212 g/mol. The summed E-state index contributed by atoms with van der Waals surface area (Å²) in [6.45, 7) is 4.76. The Kier molecular flexibility index (Phi) is 7.49. The van der Waals surface area contributed by atoms with Crippen molar-refractivity contribution in [1.82, 2.24) is 10.2 Å². The molecule has 0 aromatic rings. The number of carbonyl (C=O) groups excluding carboxylic acids is 2. The van der Waals surface area contributed by atoms with Gasteiger partial charge in [0.05, 0.1) is 13.7 Å². The molecule has 0 aliphatic heterocycles. The van der Waals surface area contributed by atoms with Crippen LogP contribution < -0.4 is 5.32 Å². The molecule has 16 heavy (non-hydrogen) atoms. The van der Waals surface area contributed by atoms with Gasteiger partial charge in [-0.3, -0.25) is 9.69 Å². The molecule has 0 radical (unpaired) electrons. The van der Waals surface area contributed by atoms with Crippen molar-refractivity contribution in [2.75, 3.05) is 33.4 Å². The number of nitrogens with one attached hydrogen (secondary N) is 1. The van der Waals surface area contributed by atoms with Crippen LogP contribution in [-0.2, 0) is 14.3 Å². The summed E-state index contributed by atoms with van der Waals surface area (Å²) in [5, 5.41) is 11.3. The lowest BCUT2D eigenvalue weighted by Crippen LogP contribution is -2.48. The van der Waals surface area contributed by atoms with Crippen LogP contribution in [0.1, 0.15) is 13.8 Å². The average molecular weight is 232 g/mol. The van der Waals surface area contributed by atoms with Crippen LogP contribution in [-0.4, -0.2) is 61.3 Å². The predicted molar refractivity (Wildman–Crippen MR) is 58.8 cm³/mol. The maximum atomic E-state index is 11.4. The third-order valence-corrected chi connectivity index (χ3v) is 2.17. The summed E-state index contributed by atoms with van der Waals surface area (Å²) in [6.07, 6.45) is 0. The monoisotopic (exact) mass is 232 g/mol. The Morgan fingerprint density at radius 3 is 2.50 bits per heavy atom. The molecule has 0 saturated heterocycles. The lowest BCUT2D eigenvalue weighted by Gasteiger charge is -2.24. The van der Waals surface area contributed by atoms with Crippen molar-refractivity contribution in [2.45, 2.75) is 19.9 Å². The Balaban J connectivity index is 4.38. The van der Waals surface area contributed by atoms with E-state index in [9.17, 15) is 9.59 Å². The van der Waals surface area contributed by atoms with Gasteiger partial charge in [0.25, 0.3) is 0 Å². The molecule has 0 spiro atoms. The molecule has 0 rings (SSSR count). The second-order valence-corrected chi connectivity index (χ2v) is 3.39. The minimum absolute atomic E-state index is 0.0157. The summed E-state index contributed by atoms with van der Waals surface area (Å²) in [7, 11) is 1.28. The van der Waals surface area contributed by atoms with Crippen LogP contribution in [0.5, 0.6) is 0 Å². The Labute approximate surface area is 95.6 Å². The summed E-state index contributed by atoms with van der Waals surface area (Å²) in [5.74, 6) is -0.762. The maximum absolute atomic E-state index is 11.4. The summed E-state index contributed by atoms with van der Waals surface area (Å²) < 4.78 is 4.59. The molecule has 0 saturated carbocycles. The molecule has 0 heterocycles. The van der Waals surface area contributed by atoms with Crippen LogP contribution in [0.15, 0.2) is 0 Å². The standard InChI is InChI=1S/C10H20N2O4/c1-4-12(5-6-13)7-9(10(15)16-3)11-8(2)14/h9,13H,4-7H2,1-3H3,(H,11,14). The van der Waals surface area contributed by atoms with E-state index in [1.54, 1.807) is 0 Å². The summed E-state index contributed by atoms with van der Waals surface area (Å²) >= 11 is 0. The molecule has 0 aromatic carbocycles. The normalized spacial score (nSPS) is 12.3. The van der Waals surface area contributed by atoms with Crippen molar-refractivity contribution in [1.29, 1.82) is 0 Å².